The first kappa shape index (κ1) is 12.5. The Balaban J connectivity index is 2.66. The van der Waals surface area contributed by atoms with Crippen LogP contribution in [0.3, 0.4) is 0 Å². The molecule has 0 aliphatic heterocycles. The second kappa shape index (κ2) is 5.14. The molecule has 2 aromatic rings. The number of rotatable bonds is 3. The van der Waals surface area contributed by atoms with Gasteiger partial charge in [-0.15, -0.1) is 0 Å². The SMILES string of the molecule is COc1ccc(-c2ncccc2N)c(OC)c1Cl. The van der Waals surface area contributed by atoms with E-state index in [-0.39, 0.29) is 0 Å². The Bertz CT molecular complexity index is 573. The van der Waals surface area contributed by atoms with E-state index < -0.39 is 0 Å². The molecule has 2 N–H and O–H groups in total. The van der Waals surface area contributed by atoms with Crippen molar-refractivity contribution in [1.29, 1.82) is 0 Å². The number of methoxy groups -OCH3 is 2. The summed E-state index contributed by atoms with van der Waals surface area (Å²) in [7, 11) is 3.10. The topological polar surface area (TPSA) is 57.4 Å². The smallest absolute Gasteiger partial charge is 0.150 e. The summed E-state index contributed by atoms with van der Waals surface area (Å²) in [5.74, 6) is 1.05. The third-order valence-electron chi connectivity index (χ3n) is 2.58. The first-order valence-corrected chi connectivity index (χ1v) is 5.68. The molecule has 0 amide bonds. The minimum atomic E-state index is 0.405. The molecule has 0 atom stereocenters. The van der Waals surface area contributed by atoms with Crippen LogP contribution in [-0.4, -0.2) is 19.2 Å². The van der Waals surface area contributed by atoms with Crippen molar-refractivity contribution in [2.24, 2.45) is 0 Å². The number of pyridine rings is 1. The number of anilines is 1. The lowest BCUT2D eigenvalue weighted by Gasteiger charge is -2.13. The normalized spacial score (nSPS) is 10.2. The predicted molar refractivity (Wildman–Crippen MR) is 72.2 cm³/mol. The van der Waals surface area contributed by atoms with Gasteiger partial charge in [-0.2, -0.15) is 0 Å². The first-order chi connectivity index (χ1) is 8.69. The molecule has 4 nitrogen and oxygen atoms in total. The van der Waals surface area contributed by atoms with E-state index in [9.17, 15) is 0 Å². The number of halogens is 1. The van der Waals surface area contributed by atoms with E-state index in [2.05, 4.69) is 4.98 Å². The van der Waals surface area contributed by atoms with E-state index in [1.807, 2.05) is 6.07 Å². The summed E-state index contributed by atoms with van der Waals surface area (Å²) in [5.41, 5.74) is 7.85. The fraction of sp³-hybridized carbons (Fsp3) is 0.154. The van der Waals surface area contributed by atoms with Crippen LogP contribution in [0.15, 0.2) is 30.5 Å². The van der Waals surface area contributed by atoms with Crippen molar-refractivity contribution in [3.8, 4) is 22.8 Å². The van der Waals surface area contributed by atoms with Gasteiger partial charge in [0.25, 0.3) is 0 Å². The number of hydrogen-bond donors (Lipinski definition) is 1. The van der Waals surface area contributed by atoms with Crippen molar-refractivity contribution in [1.82, 2.24) is 4.98 Å². The van der Waals surface area contributed by atoms with Crippen LogP contribution in [0.5, 0.6) is 11.5 Å². The van der Waals surface area contributed by atoms with Gasteiger partial charge in [-0.05, 0) is 24.3 Å². The van der Waals surface area contributed by atoms with Gasteiger partial charge < -0.3 is 15.2 Å². The van der Waals surface area contributed by atoms with Gasteiger partial charge in [0.2, 0.25) is 0 Å². The molecule has 2 rings (SSSR count). The van der Waals surface area contributed by atoms with Crippen LogP contribution < -0.4 is 15.2 Å². The summed E-state index contributed by atoms with van der Waals surface area (Å²) in [5, 5.41) is 0.405. The predicted octanol–water partition coefficient (Wildman–Crippen LogP) is 3.00. The molecular formula is C13H13ClN2O2. The van der Waals surface area contributed by atoms with Crippen LogP contribution in [-0.2, 0) is 0 Å². The zero-order chi connectivity index (χ0) is 13.1. The summed E-state index contributed by atoms with van der Waals surface area (Å²) < 4.78 is 10.5. The molecule has 18 heavy (non-hydrogen) atoms. The lowest BCUT2D eigenvalue weighted by Crippen LogP contribution is -1.97. The molecular weight excluding hydrogens is 252 g/mol. The average Bonchev–Trinajstić information content (AvgIpc) is 2.39. The molecule has 0 aliphatic carbocycles. The van der Waals surface area contributed by atoms with Crippen molar-refractivity contribution in [2.75, 3.05) is 20.0 Å². The Labute approximate surface area is 110 Å². The van der Waals surface area contributed by atoms with Gasteiger partial charge in [0, 0.05) is 11.8 Å². The molecule has 94 valence electrons. The van der Waals surface area contributed by atoms with E-state index in [4.69, 9.17) is 26.8 Å². The zero-order valence-electron chi connectivity index (χ0n) is 10.1. The Morgan fingerprint density at radius 2 is 1.94 bits per heavy atom. The number of aromatic nitrogens is 1. The highest BCUT2D eigenvalue weighted by Crippen LogP contribution is 2.42. The summed E-state index contributed by atoms with van der Waals surface area (Å²) in [4.78, 5) is 4.25. The molecule has 1 aromatic carbocycles. The number of nitrogens with zero attached hydrogens (tertiary/aromatic N) is 1. The van der Waals surface area contributed by atoms with Crippen LogP contribution in [0.2, 0.25) is 5.02 Å². The third-order valence-corrected chi connectivity index (χ3v) is 2.94. The molecule has 1 aromatic heterocycles. The van der Waals surface area contributed by atoms with Crippen molar-refractivity contribution in [3.63, 3.8) is 0 Å². The molecule has 0 fully saturated rings. The molecule has 0 aliphatic rings. The summed E-state index contributed by atoms with van der Waals surface area (Å²) in [6.45, 7) is 0. The maximum Gasteiger partial charge on any atom is 0.150 e. The third kappa shape index (κ3) is 2.07. The van der Waals surface area contributed by atoms with Crippen molar-refractivity contribution in [3.05, 3.63) is 35.5 Å². The van der Waals surface area contributed by atoms with E-state index >= 15 is 0 Å². The molecule has 0 saturated heterocycles. The van der Waals surface area contributed by atoms with Gasteiger partial charge in [-0.25, -0.2) is 0 Å². The minimum Gasteiger partial charge on any atom is -0.495 e. The maximum atomic E-state index is 6.20. The van der Waals surface area contributed by atoms with Gasteiger partial charge >= 0.3 is 0 Å². The summed E-state index contributed by atoms with van der Waals surface area (Å²) in [6, 6.07) is 7.13. The van der Waals surface area contributed by atoms with Crippen LogP contribution >= 0.6 is 11.6 Å². The fourth-order valence-corrected chi connectivity index (χ4v) is 2.04. The molecule has 0 spiro atoms. The molecule has 0 saturated carbocycles. The number of ether oxygens (including phenoxy) is 2. The maximum absolute atomic E-state index is 6.20. The van der Waals surface area contributed by atoms with Crippen molar-refractivity contribution in [2.45, 2.75) is 0 Å². The zero-order valence-corrected chi connectivity index (χ0v) is 10.9. The van der Waals surface area contributed by atoms with E-state index in [1.165, 1.54) is 0 Å². The Kier molecular flexibility index (Phi) is 3.58. The second-order valence-electron chi connectivity index (χ2n) is 3.60. The van der Waals surface area contributed by atoms with E-state index in [0.29, 0.717) is 27.9 Å². The van der Waals surface area contributed by atoms with E-state index in [0.717, 1.165) is 5.56 Å². The van der Waals surface area contributed by atoms with Crippen LogP contribution in [0.25, 0.3) is 11.3 Å². The second-order valence-corrected chi connectivity index (χ2v) is 3.98. The quantitative estimate of drug-likeness (QED) is 0.926. The highest BCUT2D eigenvalue weighted by Gasteiger charge is 2.16. The highest BCUT2D eigenvalue weighted by molar-refractivity contribution is 6.34. The molecule has 5 heteroatoms. The fourth-order valence-electron chi connectivity index (χ4n) is 1.72. The number of benzene rings is 1. The Morgan fingerprint density at radius 3 is 2.56 bits per heavy atom. The highest BCUT2D eigenvalue weighted by atomic mass is 35.5. The molecule has 1 heterocycles. The standard InChI is InChI=1S/C13H13ClN2O2/c1-17-10-6-5-8(13(18-2)11(10)14)12-9(15)4-3-7-16-12/h3-7H,15H2,1-2H3. The lowest BCUT2D eigenvalue weighted by molar-refractivity contribution is 0.396. The summed E-state index contributed by atoms with van der Waals surface area (Å²) in [6.07, 6.45) is 1.67. The minimum absolute atomic E-state index is 0.405. The van der Waals surface area contributed by atoms with Crippen LogP contribution in [0, 0.1) is 0 Å². The molecule has 0 unspecified atom stereocenters. The van der Waals surface area contributed by atoms with Crippen LogP contribution in [0.4, 0.5) is 5.69 Å². The van der Waals surface area contributed by atoms with Gasteiger partial charge in [-0.3, -0.25) is 4.98 Å². The van der Waals surface area contributed by atoms with Gasteiger partial charge in [-0.1, -0.05) is 11.6 Å². The van der Waals surface area contributed by atoms with Gasteiger partial charge in [0.15, 0.2) is 5.75 Å². The number of hydrogen-bond acceptors (Lipinski definition) is 4. The van der Waals surface area contributed by atoms with Crippen molar-refractivity contribution >= 4 is 17.3 Å². The van der Waals surface area contributed by atoms with Crippen LogP contribution in [0.1, 0.15) is 0 Å². The Hall–Kier alpha value is -1.94. The van der Waals surface area contributed by atoms with Gasteiger partial charge in [0.05, 0.1) is 25.6 Å². The first-order valence-electron chi connectivity index (χ1n) is 5.30. The van der Waals surface area contributed by atoms with E-state index in [1.54, 1.807) is 38.6 Å². The van der Waals surface area contributed by atoms with Gasteiger partial charge in [0.1, 0.15) is 10.8 Å². The molecule has 0 radical (unpaired) electrons. The largest absolute Gasteiger partial charge is 0.495 e. The number of nitrogens with two attached hydrogens (primary N) is 1. The summed E-state index contributed by atoms with van der Waals surface area (Å²) >= 11 is 6.20. The monoisotopic (exact) mass is 264 g/mol. The average molecular weight is 265 g/mol. The molecule has 0 bridgehead atoms. The van der Waals surface area contributed by atoms with Crippen molar-refractivity contribution < 1.29 is 9.47 Å². The Morgan fingerprint density at radius 1 is 1.17 bits per heavy atom. The number of nitrogen functional groups attached to an aromatic ring is 1. The lowest BCUT2D eigenvalue weighted by atomic mass is 10.1.